The summed E-state index contributed by atoms with van der Waals surface area (Å²) >= 11 is 0. The van der Waals surface area contributed by atoms with Crippen molar-refractivity contribution in [1.82, 2.24) is 8.61 Å². The van der Waals surface area contributed by atoms with Gasteiger partial charge < -0.3 is 4.74 Å². The molecule has 2 aliphatic rings. The van der Waals surface area contributed by atoms with E-state index in [1.165, 1.54) is 20.7 Å². The Morgan fingerprint density at radius 1 is 0.875 bits per heavy atom. The van der Waals surface area contributed by atoms with Crippen molar-refractivity contribution >= 4 is 20.0 Å². The van der Waals surface area contributed by atoms with Crippen molar-refractivity contribution in [2.45, 2.75) is 49.1 Å². The van der Waals surface area contributed by atoms with E-state index in [9.17, 15) is 21.2 Å². The van der Waals surface area contributed by atoms with Crippen molar-refractivity contribution in [1.29, 1.82) is 0 Å². The van der Waals surface area contributed by atoms with Gasteiger partial charge in [-0.3, -0.25) is 0 Å². The number of hydrogen-bond acceptors (Lipinski definition) is 5. The van der Waals surface area contributed by atoms with Crippen LogP contribution < -0.4 is 0 Å². The van der Waals surface area contributed by atoms with E-state index in [1.807, 2.05) is 19.1 Å². The third-order valence-corrected chi connectivity index (χ3v) is 10.4. The van der Waals surface area contributed by atoms with Gasteiger partial charge in [0, 0.05) is 32.5 Å². The standard InChI is InChI=1S/C22H27FN2O5S2/c1-16-14-17(2)21(18(3)15-16)32(28,29)25-12-13-30-22(25)8-10-24(11-9-22)31(26,27)20-6-4-19(23)5-7-20/h4-7,14-15H,8-13H2,1-3H3. The quantitative estimate of drug-likeness (QED) is 0.669. The molecule has 2 aromatic carbocycles. The molecule has 0 bridgehead atoms. The van der Waals surface area contributed by atoms with Gasteiger partial charge in [-0.1, -0.05) is 17.7 Å². The number of rotatable bonds is 4. The summed E-state index contributed by atoms with van der Waals surface area (Å²) < 4.78 is 75.1. The topological polar surface area (TPSA) is 84.0 Å². The Balaban J connectivity index is 1.60. The van der Waals surface area contributed by atoms with Crippen LogP contribution >= 0.6 is 0 Å². The number of aryl methyl sites for hydroxylation is 3. The molecule has 2 saturated heterocycles. The molecule has 7 nitrogen and oxygen atoms in total. The van der Waals surface area contributed by atoms with Crippen LogP contribution in [0.1, 0.15) is 29.5 Å². The van der Waals surface area contributed by atoms with E-state index in [1.54, 1.807) is 13.8 Å². The van der Waals surface area contributed by atoms with Crippen LogP contribution in [0.15, 0.2) is 46.2 Å². The second-order valence-corrected chi connectivity index (χ2v) is 12.2. The third-order valence-electron chi connectivity index (χ3n) is 6.23. The lowest BCUT2D eigenvalue weighted by molar-refractivity contribution is -0.0806. The zero-order chi connectivity index (χ0) is 23.3. The van der Waals surface area contributed by atoms with Crippen LogP contribution in [-0.4, -0.2) is 57.4 Å². The summed E-state index contributed by atoms with van der Waals surface area (Å²) in [5, 5.41) is 0. The highest BCUT2D eigenvalue weighted by molar-refractivity contribution is 7.89. The Hall–Kier alpha value is -1.85. The Bertz CT molecular complexity index is 1210. The molecule has 2 heterocycles. The first-order valence-corrected chi connectivity index (χ1v) is 13.4. The lowest BCUT2D eigenvalue weighted by Crippen LogP contribution is -2.55. The van der Waals surface area contributed by atoms with E-state index in [0.717, 1.165) is 17.7 Å². The minimum absolute atomic E-state index is 0.0116. The molecule has 1 spiro atoms. The van der Waals surface area contributed by atoms with Crippen LogP contribution in [0, 0.1) is 26.6 Å². The van der Waals surface area contributed by atoms with Crippen LogP contribution in [0.4, 0.5) is 4.39 Å². The fourth-order valence-corrected chi connectivity index (χ4v) is 8.42. The first-order chi connectivity index (χ1) is 15.0. The van der Waals surface area contributed by atoms with Gasteiger partial charge in [0.2, 0.25) is 20.0 Å². The molecular formula is C22H27FN2O5S2. The second-order valence-electron chi connectivity index (χ2n) is 8.46. The number of ether oxygens (including phenoxy) is 1. The molecule has 0 atom stereocenters. The predicted molar refractivity (Wildman–Crippen MR) is 118 cm³/mol. The van der Waals surface area contributed by atoms with Crippen LogP contribution in [0.3, 0.4) is 0 Å². The van der Waals surface area contributed by atoms with E-state index >= 15 is 0 Å². The summed E-state index contributed by atoms with van der Waals surface area (Å²) in [4.78, 5) is 0.298. The number of nitrogens with zero attached hydrogens (tertiary/aromatic N) is 2. The molecule has 0 aliphatic carbocycles. The molecule has 0 aromatic heterocycles. The maximum Gasteiger partial charge on any atom is 0.246 e. The zero-order valence-electron chi connectivity index (χ0n) is 18.3. The molecule has 2 aromatic rings. The van der Waals surface area contributed by atoms with Crippen LogP contribution in [0.2, 0.25) is 0 Å². The van der Waals surface area contributed by atoms with E-state index in [-0.39, 0.29) is 48.9 Å². The third kappa shape index (κ3) is 3.88. The van der Waals surface area contributed by atoms with Gasteiger partial charge in [0.25, 0.3) is 0 Å². The summed E-state index contributed by atoms with van der Waals surface area (Å²) in [6, 6.07) is 8.39. The molecule has 0 saturated carbocycles. The van der Waals surface area contributed by atoms with Gasteiger partial charge in [0.1, 0.15) is 11.5 Å². The Morgan fingerprint density at radius 2 is 1.44 bits per heavy atom. The largest absolute Gasteiger partial charge is 0.358 e. The Kier molecular flexibility index (Phi) is 5.96. The molecule has 4 rings (SSSR count). The van der Waals surface area contributed by atoms with Crippen molar-refractivity contribution in [2.75, 3.05) is 26.2 Å². The highest BCUT2D eigenvalue weighted by Crippen LogP contribution is 2.40. The average molecular weight is 483 g/mol. The molecule has 32 heavy (non-hydrogen) atoms. The molecule has 0 amide bonds. The van der Waals surface area contributed by atoms with Crippen LogP contribution in [0.25, 0.3) is 0 Å². The van der Waals surface area contributed by atoms with Crippen LogP contribution in [-0.2, 0) is 24.8 Å². The Labute approximate surface area is 188 Å². The van der Waals surface area contributed by atoms with E-state index in [0.29, 0.717) is 11.1 Å². The normalized spacial score (nSPS) is 20.1. The van der Waals surface area contributed by atoms with Gasteiger partial charge in [-0.05, 0) is 56.2 Å². The monoisotopic (exact) mass is 482 g/mol. The molecule has 174 valence electrons. The van der Waals surface area contributed by atoms with Crippen molar-refractivity contribution in [3.05, 3.63) is 58.9 Å². The number of halogens is 1. The lowest BCUT2D eigenvalue weighted by atomic mass is 10.0. The Morgan fingerprint density at radius 3 is 2.00 bits per heavy atom. The van der Waals surface area contributed by atoms with Gasteiger partial charge in [-0.15, -0.1) is 0 Å². The van der Waals surface area contributed by atoms with E-state index in [2.05, 4.69) is 0 Å². The zero-order valence-corrected chi connectivity index (χ0v) is 20.0. The first kappa shape index (κ1) is 23.3. The summed E-state index contributed by atoms with van der Waals surface area (Å²) in [6.45, 7) is 6.19. The second kappa shape index (κ2) is 8.18. The van der Waals surface area contributed by atoms with Gasteiger partial charge >= 0.3 is 0 Å². The highest BCUT2D eigenvalue weighted by atomic mass is 32.2. The van der Waals surface area contributed by atoms with Gasteiger partial charge in [-0.25, -0.2) is 21.2 Å². The van der Waals surface area contributed by atoms with Crippen molar-refractivity contribution < 1.29 is 26.0 Å². The van der Waals surface area contributed by atoms with Gasteiger partial charge in [0.15, 0.2) is 0 Å². The summed E-state index contributed by atoms with van der Waals surface area (Å²) in [5.41, 5.74) is 1.28. The van der Waals surface area contributed by atoms with E-state index < -0.39 is 31.6 Å². The fourth-order valence-electron chi connectivity index (χ4n) is 4.84. The van der Waals surface area contributed by atoms with Gasteiger partial charge in [0.05, 0.1) is 16.4 Å². The predicted octanol–water partition coefficient (Wildman–Crippen LogP) is 2.95. The van der Waals surface area contributed by atoms with E-state index in [4.69, 9.17) is 4.74 Å². The maximum atomic E-state index is 13.7. The minimum atomic E-state index is -3.84. The fraction of sp³-hybridized carbons (Fsp3) is 0.455. The van der Waals surface area contributed by atoms with Crippen molar-refractivity contribution in [3.63, 3.8) is 0 Å². The molecular weight excluding hydrogens is 455 g/mol. The minimum Gasteiger partial charge on any atom is -0.358 e. The molecule has 2 fully saturated rings. The SMILES string of the molecule is Cc1cc(C)c(S(=O)(=O)N2CCOC23CCN(S(=O)(=O)c2ccc(F)cc2)CC3)c(C)c1. The maximum absolute atomic E-state index is 13.7. The number of piperidine rings is 1. The number of sulfonamides is 2. The lowest BCUT2D eigenvalue weighted by Gasteiger charge is -2.42. The molecule has 0 radical (unpaired) electrons. The van der Waals surface area contributed by atoms with Crippen molar-refractivity contribution in [2.24, 2.45) is 0 Å². The summed E-state index contributed by atoms with van der Waals surface area (Å²) in [7, 11) is -7.64. The summed E-state index contributed by atoms with van der Waals surface area (Å²) in [6.07, 6.45) is 0.438. The molecule has 10 heteroatoms. The average Bonchev–Trinajstić information content (AvgIpc) is 3.11. The highest BCUT2D eigenvalue weighted by Gasteiger charge is 2.52. The number of hydrogen-bond donors (Lipinski definition) is 0. The smallest absolute Gasteiger partial charge is 0.246 e. The summed E-state index contributed by atoms with van der Waals surface area (Å²) in [5.74, 6) is -0.511. The molecule has 0 N–H and O–H groups in total. The number of benzene rings is 2. The first-order valence-electron chi connectivity index (χ1n) is 10.5. The molecule has 0 unspecified atom stereocenters. The molecule has 2 aliphatic heterocycles. The van der Waals surface area contributed by atoms with Gasteiger partial charge in [-0.2, -0.15) is 8.61 Å². The van der Waals surface area contributed by atoms with Crippen molar-refractivity contribution in [3.8, 4) is 0 Å². The van der Waals surface area contributed by atoms with Crippen LogP contribution in [0.5, 0.6) is 0 Å².